The van der Waals surface area contributed by atoms with Gasteiger partial charge in [-0.2, -0.15) is 0 Å². The molecule has 1 aromatic carbocycles. The lowest BCUT2D eigenvalue weighted by atomic mass is 9.95. The molecular weight excluding hydrogens is 402 g/mol. The molecule has 5 heteroatoms. The number of imidazole rings is 1. The van der Waals surface area contributed by atoms with E-state index < -0.39 is 0 Å². The molecule has 27 heavy (non-hydrogen) atoms. The average molecular weight is 426 g/mol. The van der Waals surface area contributed by atoms with Gasteiger partial charge in [-0.25, -0.2) is 4.98 Å². The molecule has 1 fully saturated rings. The summed E-state index contributed by atoms with van der Waals surface area (Å²) >= 11 is 3.58. The number of hydrogen-bond donors (Lipinski definition) is 1. The van der Waals surface area contributed by atoms with Crippen LogP contribution in [0.2, 0.25) is 0 Å². The maximum Gasteiger partial charge on any atom is 0.139 e. The highest BCUT2D eigenvalue weighted by atomic mass is 79.9. The van der Waals surface area contributed by atoms with E-state index in [1.807, 2.05) is 30.3 Å². The predicted molar refractivity (Wildman–Crippen MR) is 115 cm³/mol. The number of pyridine rings is 1. The number of nitrogens with one attached hydrogen (secondary N) is 1. The molecule has 0 unspecified atom stereocenters. The van der Waals surface area contributed by atoms with E-state index in [4.69, 9.17) is 9.72 Å². The van der Waals surface area contributed by atoms with Gasteiger partial charge in [-0.3, -0.25) is 4.40 Å². The maximum absolute atomic E-state index is 5.46. The monoisotopic (exact) mass is 425 g/mol. The van der Waals surface area contributed by atoms with Gasteiger partial charge in [0.2, 0.25) is 0 Å². The summed E-state index contributed by atoms with van der Waals surface area (Å²) in [6.07, 6.45) is 12.6. The smallest absolute Gasteiger partial charge is 0.139 e. The zero-order valence-corrected chi connectivity index (χ0v) is 17.1. The lowest BCUT2D eigenvalue weighted by molar-refractivity contribution is 0.414. The molecule has 0 saturated heterocycles. The molecule has 0 aliphatic heterocycles. The van der Waals surface area contributed by atoms with Gasteiger partial charge in [0, 0.05) is 22.3 Å². The van der Waals surface area contributed by atoms with Crippen molar-refractivity contribution in [3.8, 4) is 5.75 Å². The molecular formula is C22H24BrN3O. The van der Waals surface area contributed by atoms with Crippen molar-refractivity contribution in [2.75, 3.05) is 12.4 Å². The third-order valence-corrected chi connectivity index (χ3v) is 5.58. The molecule has 140 valence electrons. The quantitative estimate of drug-likeness (QED) is 0.542. The Bertz CT molecular complexity index is 957. The molecule has 1 N–H and O–H groups in total. The van der Waals surface area contributed by atoms with Gasteiger partial charge in [0.25, 0.3) is 0 Å². The van der Waals surface area contributed by atoms with E-state index in [2.05, 4.69) is 50.1 Å². The van der Waals surface area contributed by atoms with E-state index in [1.165, 1.54) is 32.1 Å². The molecule has 0 amide bonds. The number of halogens is 1. The number of hydrogen-bond acceptors (Lipinski definition) is 3. The molecule has 1 aliphatic rings. The molecule has 1 saturated carbocycles. The Morgan fingerprint density at radius 1 is 1.11 bits per heavy atom. The first-order chi connectivity index (χ1) is 13.2. The first-order valence-corrected chi connectivity index (χ1v) is 10.3. The second-order valence-corrected chi connectivity index (χ2v) is 7.89. The van der Waals surface area contributed by atoms with Crippen LogP contribution in [0.3, 0.4) is 0 Å². The normalized spacial score (nSPS) is 15.5. The van der Waals surface area contributed by atoms with Crippen LogP contribution < -0.4 is 10.1 Å². The van der Waals surface area contributed by atoms with Crippen molar-refractivity contribution in [3.63, 3.8) is 0 Å². The van der Waals surface area contributed by atoms with Crippen LogP contribution in [0.5, 0.6) is 5.75 Å². The minimum atomic E-state index is 0.510. The molecule has 0 radical (unpaired) electrons. The van der Waals surface area contributed by atoms with Crippen LogP contribution in [0.1, 0.15) is 43.4 Å². The van der Waals surface area contributed by atoms with Crippen LogP contribution in [0.4, 0.5) is 5.82 Å². The Hall–Kier alpha value is -2.27. The van der Waals surface area contributed by atoms with Crippen molar-refractivity contribution in [1.29, 1.82) is 0 Å². The number of ether oxygens (including phenoxy) is 1. The van der Waals surface area contributed by atoms with Crippen LogP contribution in [-0.4, -0.2) is 22.5 Å². The largest absolute Gasteiger partial charge is 0.496 e. The van der Waals surface area contributed by atoms with E-state index >= 15 is 0 Å². The Morgan fingerprint density at radius 2 is 1.93 bits per heavy atom. The number of fused-ring (bicyclic) bond motifs is 1. The van der Waals surface area contributed by atoms with Gasteiger partial charge in [0.15, 0.2) is 0 Å². The van der Waals surface area contributed by atoms with Gasteiger partial charge in [0.05, 0.1) is 7.11 Å². The fourth-order valence-electron chi connectivity index (χ4n) is 3.71. The number of anilines is 1. The first-order valence-electron chi connectivity index (χ1n) is 9.50. The number of para-hydroxylation sites is 1. The fraction of sp³-hybridized carbons (Fsp3) is 0.318. The first kappa shape index (κ1) is 18.1. The lowest BCUT2D eigenvalue weighted by Gasteiger charge is -2.23. The molecule has 3 aromatic rings. The third-order valence-electron chi connectivity index (χ3n) is 5.12. The van der Waals surface area contributed by atoms with Gasteiger partial charge in [-0.1, -0.05) is 37.5 Å². The topological polar surface area (TPSA) is 38.6 Å². The second kappa shape index (κ2) is 8.17. The summed E-state index contributed by atoms with van der Waals surface area (Å²) in [6.45, 7) is 0. The van der Waals surface area contributed by atoms with Gasteiger partial charge >= 0.3 is 0 Å². The van der Waals surface area contributed by atoms with Crippen molar-refractivity contribution in [2.24, 2.45) is 0 Å². The van der Waals surface area contributed by atoms with E-state index in [0.29, 0.717) is 6.04 Å². The molecule has 1 aliphatic carbocycles. The Balaban J connectivity index is 1.72. The Morgan fingerprint density at radius 3 is 2.74 bits per heavy atom. The van der Waals surface area contributed by atoms with Crippen molar-refractivity contribution in [1.82, 2.24) is 9.38 Å². The molecule has 0 bridgehead atoms. The molecule has 4 rings (SSSR count). The van der Waals surface area contributed by atoms with E-state index in [1.54, 1.807) is 7.11 Å². The van der Waals surface area contributed by atoms with Crippen molar-refractivity contribution in [2.45, 2.75) is 38.1 Å². The number of aromatic nitrogens is 2. The Labute approximate surface area is 168 Å². The molecule has 0 atom stereocenters. The van der Waals surface area contributed by atoms with Gasteiger partial charge < -0.3 is 10.1 Å². The van der Waals surface area contributed by atoms with Gasteiger partial charge in [0.1, 0.15) is 22.9 Å². The van der Waals surface area contributed by atoms with Crippen molar-refractivity contribution >= 4 is 39.5 Å². The van der Waals surface area contributed by atoms with Crippen LogP contribution in [0.15, 0.2) is 47.1 Å². The fourth-order valence-corrected chi connectivity index (χ4v) is 4.05. The summed E-state index contributed by atoms with van der Waals surface area (Å²) < 4.78 is 8.64. The lowest BCUT2D eigenvalue weighted by Crippen LogP contribution is -2.23. The van der Waals surface area contributed by atoms with Crippen LogP contribution in [0, 0.1) is 0 Å². The highest BCUT2D eigenvalue weighted by Crippen LogP contribution is 2.28. The number of benzene rings is 1. The van der Waals surface area contributed by atoms with E-state index in [0.717, 1.165) is 32.9 Å². The Kier molecular flexibility index (Phi) is 5.48. The molecule has 2 heterocycles. The maximum atomic E-state index is 5.46. The van der Waals surface area contributed by atoms with E-state index in [-0.39, 0.29) is 0 Å². The van der Waals surface area contributed by atoms with Crippen molar-refractivity contribution in [3.05, 3.63) is 58.3 Å². The second-order valence-electron chi connectivity index (χ2n) is 6.98. The molecule has 0 spiro atoms. The highest BCUT2D eigenvalue weighted by molar-refractivity contribution is 9.10. The van der Waals surface area contributed by atoms with Gasteiger partial charge in [-0.05, 0) is 59.1 Å². The average Bonchev–Trinajstić information content (AvgIpc) is 3.04. The molecule has 4 nitrogen and oxygen atoms in total. The summed E-state index contributed by atoms with van der Waals surface area (Å²) in [5.41, 5.74) is 2.93. The molecule has 2 aromatic heterocycles. The number of nitrogens with zero attached hydrogens (tertiary/aromatic N) is 2. The minimum absolute atomic E-state index is 0.510. The number of rotatable bonds is 5. The third kappa shape index (κ3) is 4.03. The summed E-state index contributed by atoms with van der Waals surface area (Å²) in [5, 5.41) is 3.76. The van der Waals surface area contributed by atoms with Crippen LogP contribution in [0.25, 0.3) is 17.8 Å². The summed E-state index contributed by atoms with van der Waals surface area (Å²) in [6, 6.07) is 12.6. The summed E-state index contributed by atoms with van der Waals surface area (Å²) in [4.78, 5) is 4.84. The zero-order chi connectivity index (χ0) is 18.6. The van der Waals surface area contributed by atoms with Crippen LogP contribution >= 0.6 is 15.9 Å². The zero-order valence-electron chi connectivity index (χ0n) is 15.5. The number of methoxy groups -OCH3 is 1. The van der Waals surface area contributed by atoms with Gasteiger partial charge in [-0.15, -0.1) is 0 Å². The van der Waals surface area contributed by atoms with Crippen molar-refractivity contribution < 1.29 is 4.74 Å². The highest BCUT2D eigenvalue weighted by Gasteiger charge is 2.18. The summed E-state index contributed by atoms with van der Waals surface area (Å²) in [7, 11) is 1.70. The van der Waals surface area contributed by atoms with E-state index in [9.17, 15) is 0 Å². The summed E-state index contributed by atoms with van der Waals surface area (Å²) in [5.74, 6) is 1.92. The van der Waals surface area contributed by atoms with Crippen LogP contribution in [-0.2, 0) is 0 Å². The predicted octanol–water partition coefficient (Wildman–Crippen LogP) is 6.02. The minimum Gasteiger partial charge on any atom is -0.496 e. The standard InChI is InChI=1S/C22H24BrN3O/c1-27-20-10-6-5-7-16(20)11-13-19-22(24-18-8-3-2-4-9-18)26-15-17(23)12-14-21(26)25-19/h5-7,10-15,18,24H,2-4,8-9H2,1H3. The SMILES string of the molecule is COc1ccccc1C=Cc1nc2ccc(Br)cn2c1NC1CCCCC1.